The zero-order chi connectivity index (χ0) is 24.4. The first-order valence-electron chi connectivity index (χ1n) is 11.1. The molecule has 5 rings (SSSR count). The maximum Gasteiger partial charge on any atom is 0.331 e. The monoisotopic (exact) mass is 475 g/mol. The first kappa shape index (κ1) is 22.4. The fourth-order valence-corrected chi connectivity index (χ4v) is 4.05. The maximum absolute atomic E-state index is 13.3. The van der Waals surface area contributed by atoms with E-state index in [2.05, 4.69) is 5.32 Å². The first-order valence-corrected chi connectivity index (χ1v) is 11.1. The molecule has 1 aliphatic heterocycles. The highest BCUT2D eigenvalue weighted by atomic mass is 19.1. The molecular formula is C26H22FN3O5. The number of hydrogen-bond donors (Lipinski definition) is 1. The van der Waals surface area contributed by atoms with Crippen molar-refractivity contribution in [3.8, 4) is 11.5 Å². The van der Waals surface area contributed by atoms with Gasteiger partial charge in [0.2, 0.25) is 12.7 Å². The van der Waals surface area contributed by atoms with Gasteiger partial charge in [0.05, 0.1) is 17.4 Å². The molecule has 0 bridgehead atoms. The molecule has 0 saturated carbocycles. The van der Waals surface area contributed by atoms with Crippen LogP contribution in [0.25, 0.3) is 10.9 Å². The van der Waals surface area contributed by atoms with Crippen molar-refractivity contribution < 1.29 is 18.7 Å². The number of ether oxygens (including phenoxy) is 2. The smallest absolute Gasteiger partial charge is 0.331 e. The highest BCUT2D eigenvalue weighted by molar-refractivity contribution is 5.78. The second kappa shape index (κ2) is 9.46. The molecule has 3 aromatic carbocycles. The van der Waals surface area contributed by atoms with Crippen molar-refractivity contribution in [3.05, 3.63) is 105 Å². The van der Waals surface area contributed by atoms with E-state index < -0.39 is 11.2 Å². The Morgan fingerprint density at radius 3 is 2.49 bits per heavy atom. The summed E-state index contributed by atoms with van der Waals surface area (Å²) < 4.78 is 26.5. The van der Waals surface area contributed by atoms with Crippen LogP contribution >= 0.6 is 0 Å². The number of carbonyl (C=O) groups is 1. The van der Waals surface area contributed by atoms with Crippen LogP contribution in [0.5, 0.6) is 11.5 Å². The van der Waals surface area contributed by atoms with Crippen molar-refractivity contribution in [3.63, 3.8) is 0 Å². The summed E-state index contributed by atoms with van der Waals surface area (Å²) in [5, 5.41) is 3.17. The van der Waals surface area contributed by atoms with E-state index in [1.165, 1.54) is 16.7 Å². The molecule has 0 atom stereocenters. The fourth-order valence-electron chi connectivity index (χ4n) is 4.05. The van der Waals surface area contributed by atoms with E-state index in [1.54, 1.807) is 48.5 Å². The number of para-hydroxylation sites is 1. The molecular weight excluding hydrogens is 453 g/mol. The van der Waals surface area contributed by atoms with Gasteiger partial charge in [0.1, 0.15) is 5.82 Å². The van der Waals surface area contributed by atoms with Gasteiger partial charge in [0.15, 0.2) is 11.5 Å². The van der Waals surface area contributed by atoms with Crippen LogP contribution in [0.2, 0.25) is 0 Å². The molecule has 1 aliphatic rings. The minimum atomic E-state index is -0.526. The van der Waals surface area contributed by atoms with Gasteiger partial charge < -0.3 is 14.8 Å². The van der Waals surface area contributed by atoms with Gasteiger partial charge in [-0.05, 0) is 47.5 Å². The van der Waals surface area contributed by atoms with E-state index in [-0.39, 0.29) is 44.6 Å². The van der Waals surface area contributed by atoms with Gasteiger partial charge in [0.25, 0.3) is 5.56 Å². The lowest BCUT2D eigenvalue weighted by atomic mass is 10.2. The second-order valence-electron chi connectivity index (χ2n) is 8.18. The molecule has 0 unspecified atom stereocenters. The van der Waals surface area contributed by atoms with E-state index in [0.29, 0.717) is 28.0 Å². The molecule has 35 heavy (non-hydrogen) atoms. The largest absolute Gasteiger partial charge is 0.454 e. The van der Waals surface area contributed by atoms with Crippen molar-refractivity contribution in [2.75, 3.05) is 6.79 Å². The molecule has 0 fully saturated rings. The Labute approximate surface area is 199 Å². The van der Waals surface area contributed by atoms with Gasteiger partial charge in [-0.1, -0.05) is 30.3 Å². The van der Waals surface area contributed by atoms with E-state index >= 15 is 0 Å². The number of amides is 1. The van der Waals surface area contributed by atoms with Crippen LogP contribution in [0.15, 0.2) is 76.3 Å². The minimum Gasteiger partial charge on any atom is -0.454 e. The van der Waals surface area contributed by atoms with Crippen LogP contribution in [0, 0.1) is 5.82 Å². The normalized spacial score (nSPS) is 12.1. The summed E-state index contributed by atoms with van der Waals surface area (Å²) >= 11 is 0. The molecule has 1 N–H and O–H groups in total. The number of rotatable bonds is 7. The van der Waals surface area contributed by atoms with Gasteiger partial charge in [-0.2, -0.15) is 0 Å². The maximum atomic E-state index is 13.3. The van der Waals surface area contributed by atoms with Crippen LogP contribution in [0.1, 0.15) is 17.5 Å². The summed E-state index contributed by atoms with van der Waals surface area (Å²) in [5.74, 6) is 0.615. The highest BCUT2D eigenvalue weighted by Crippen LogP contribution is 2.32. The van der Waals surface area contributed by atoms with Crippen molar-refractivity contribution in [1.29, 1.82) is 0 Å². The summed E-state index contributed by atoms with van der Waals surface area (Å²) in [7, 11) is 0. The summed E-state index contributed by atoms with van der Waals surface area (Å²) in [6.45, 7) is 0.538. The third-order valence-electron chi connectivity index (χ3n) is 5.88. The fraction of sp³-hybridized carbons (Fsp3) is 0.192. The number of aromatic nitrogens is 2. The number of nitrogens with one attached hydrogen (secondary N) is 1. The molecule has 4 aromatic rings. The zero-order valence-corrected chi connectivity index (χ0v) is 18.7. The Balaban J connectivity index is 1.35. The molecule has 0 radical (unpaired) electrons. The number of halogens is 1. The molecule has 2 heterocycles. The SMILES string of the molecule is O=C(CCn1c(=O)c2ccccc2n(Cc2ccc(F)cc2)c1=O)NCc1ccc2c(c1)OCO2. The molecule has 178 valence electrons. The Morgan fingerprint density at radius 1 is 0.914 bits per heavy atom. The van der Waals surface area contributed by atoms with E-state index in [9.17, 15) is 18.8 Å². The van der Waals surface area contributed by atoms with Gasteiger partial charge in [-0.15, -0.1) is 0 Å². The Bertz CT molecular complexity index is 1530. The summed E-state index contributed by atoms with van der Waals surface area (Å²) in [6, 6.07) is 18.0. The lowest BCUT2D eigenvalue weighted by Gasteiger charge is -2.14. The van der Waals surface area contributed by atoms with Crippen LogP contribution < -0.4 is 26.0 Å². The Hall–Kier alpha value is -4.40. The van der Waals surface area contributed by atoms with Crippen LogP contribution in [0.3, 0.4) is 0 Å². The first-order chi connectivity index (χ1) is 17.0. The highest BCUT2D eigenvalue weighted by Gasteiger charge is 2.16. The van der Waals surface area contributed by atoms with Gasteiger partial charge in [-0.25, -0.2) is 9.18 Å². The predicted molar refractivity (Wildman–Crippen MR) is 127 cm³/mol. The van der Waals surface area contributed by atoms with E-state index in [0.717, 1.165) is 10.1 Å². The number of fused-ring (bicyclic) bond motifs is 2. The van der Waals surface area contributed by atoms with E-state index in [1.807, 2.05) is 6.07 Å². The molecule has 9 heteroatoms. The molecule has 0 spiro atoms. The van der Waals surface area contributed by atoms with Crippen molar-refractivity contribution >= 4 is 16.8 Å². The molecule has 8 nitrogen and oxygen atoms in total. The minimum absolute atomic E-state index is 0.0470. The number of nitrogens with zero attached hydrogens (tertiary/aromatic N) is 2. The number of carbonyl (C=O) groups excluding carboxylic acids is 1. The van der Waals surface area contributed by atoms with Crippen molar-refractivity contribution in [2.24, 2.45) is 0 Å². The lowest BCUT2D eigenvalue weighted by molar-refractivity contribution is -0.121. The van der Waals surface area contributed by atoms with E-state index in [4.69, 9.17) is 9.47 Å². The average molecular weight is 475 g/mol. The van der Waals surface area contributed by atoms with Gasteiger partial charge in [0, 0.05) is 19.5 Å². The second-order valence-corrected chi connectivity index (χ2v) is 8.18. The summed E-state index contributed by atoms with van der Waals surface area (Å²) in [4.78, 5) is 38.8. The number of benzene rings is 3. The average Bonchev–Trinajstić information content (AvgIpc) is 3.34. The Kier molecular flexibility index (Phi) is 6.05. The third kappa shape index (κ3) is 4.65. The van der Waals surface area contributed by atoms with Crippen LogP contribution in [-0.4, -0.2) is 21.8 Å². The van der Waals surface area contributed by atoms with Gasteiger partial charge >= 0.3 is 5.69 Å². The Morgan fingerprint density at radius 2 is 1.66 bits per heavy atom. The molecule has 0 aliphatic carbocycles. The van der Waals surface area contributed by atoms with Crippen molar-refractivity contribution in [2.45, 2.75) is 26.1 Å². The van der Waals surface area contributed by atoms with Crippen LogP contribution in [-0.2, 0) is 24.4 Å². The van der Waals surface area contributed by atoms with Crippen LogP contribution in [0.4, 0.5) is 4.39 Å². The zero-order valence-electron chi connectivity index (χ0n) is 18.7. The predicted octanol–water partition coefficient (Wildman–Crippen LogP) is 2.79. The molecule has 1 amide bonds. The summed E-state index contributed by atoms with van der Waals surface area (Å²) in [5.41, 5.74) is 1.05. The summed E-state index contributed by atoms with van der Waals surface area (Å²) in [6.07, 6.45) is -0.0470. The topological polar surface area (TPSA) is 91.6 Å². The lowest BCUT2D eigenvalue weighted by Crippen LogP contribution is -2.41. The van der Waals surface area contributed by atoms with Crippen molar-refractivity contribution in [1.82, 2.24) is 14.5 Å². The van der Waals surface area contributed by atoms with Gasteiger partial charge in [-0.3, -0.25) is 18.7 Å². The number of hydrogen-bond acceptors (Lipinski definition) is 5. The molecule has 0 saturated heterocycles. The quantitative estimate of drug-likeness (QED) is 0.444. The third-order valence-corrected chi connectivity index (χ3v) is 5.88. The standard InChI is InChI=1S/C26H22FN3O5/c27-19-8-5-17(6-9-19)15-30-21-4-2-1-3-20(21)25(32)29(26(30)33)12-11-24(31)28-14-18-7-10-22-23(13-18)35-16-34-22/h1-10,13H,11-12,14-16H2,(H,28,31). The molecule has 1 aromatic heterocycles.